The number of nitrogens with zero attached hydrogens (tertiary/aromatic N) is 3. The Balaban J connectivity index is 1.60. The number of amides is 1. The molecule has 2 aliphatic rings. The number of methoxy groups -OCH3 is 2. The van der Waals surface area contributed by atoms with E-state index in [0.29, 0.717) is 50.2 Å². The van der Waals surface area contributed by atoms with Crippen LogP contribution in [0, 0.1) is 0 Å². The van der Waals surface area contributed by atoms with E-state index in [0.717, 1.165) is 26.1 Å². The van der Waals surface area contributed by atoms with Crippen LogP contribution in [0.25, 0.3) is 0 Å². The third kappa shape index (κ3) is 4.63. The molecule has 3 rings (SSSR count). The molecule has 1 aromatic heterocycles. The molecule has 8 nitrogen and oxygen atoms in total. The molecule has 0 spiro atoms. The summed E-state index contributed by atoms with van der Waals surface area (Å²) >= 11 is 0. The molecule has 2 aliphatic heterocycles. The summed E-state index contributed by atoms with van der Waals surface area (Å²) in [5.74, 6) is 0.662. The smallest absolute Gasteiger partial charge is 0.259 e. The van der Waals surface area contributed by atoms with E-state index in [1.54, 1.807) is 12.1 Å². The van der Waals surface area contributed by atoms with Crippen molar-refractivity contribution in [3.8, 4) is 11.8 Å². The van der Waals surface area contributed by atoms with Crippen LogP contribution in [-0.4, -0.2) is 93.6 Å². The molecule has 2 saturated heterocycles. The van der Waals surface area contributed by atoms with Crippen molar-refractivity contribution >= 4 is 5.91 Å². The lowest BCUT2D eigenvalue weighted by molar-refractivity contribution is -0.0971. The van der Waals surface area contributed by atoms with Gasteiger partial charge in [0, 0.05) is 32.2 Å². The molecule has 0 saturated carbocycles. The standard InChI is InChI=1S/C18H27N3O5/c1-23-16-5-4-15(17(19-16)24-2)18(22)21-7-3-6-20(8-9-21)12-14-13-25-10-11-26-14/h4-5,14H,3,6-13H2,1-2H3. The molecule has 0 bridgehead atoms. The van der Waals surface area contributed by atoms with Crippen LogP contribution >= 0.6 is 0 Å². The molecule has 144 valence electrons. The van der Waals surface area contributed by atoms with Crippen molar-refractivity contribution in [2.45, 2.75) is 12.5 Å². The van der Waals surface area contributed by atoms with Gasteiger partial charge in [-0.3, -0.25) is 9.69 Å². The fourth-order valence-electron chi connectivity index (χ4n) is 3.31. The second kappa shape index (κ2) is 9.16. The van der Waals surface area contributed by atoms with E-state index in [1.165, 1.54) is 14.2 Å². The lowest BCUT2D eigenvalue weighted by Gasteiger charge is -2.29. The average molecular weight is 365 g/mol. The zero-order chi connectivity index (χ0) is 18.4. The molecule has 1 aromatic rings. The monoisotopic (exact) mass is 365 g/mol. The first-order valence-electron chi connectivity index (χ1n) is 9.01. The Bertz CT molecular complexity index is 606. The Kier molecular flexibility index (Phi) is 6.65. The molecule has 3 heterocycles. The molecule has 1 unspecified atom stereocenters. The highest BCUT2D eigenvalue weighted by Gasteiger charge is 2.25. The van der Waals surface area contributed by atoms with Gasteiger partial charge in [-0.1, -0.05) is 0 Å². The maximum Gasteiger partial charge on any atom is 0.259 e. The van der Waals surface area contributed by atoms with E-state index >= 15 is 0 Å². The molecule has 0 aliphatic carbocycles. The van der Waals surface area contributed by atoms with Crippen molar-refractivity contribution in [2.75, 3.05) is 66.8 Å². The summed E-state index contributed by atoms with van der Waals surface area (Å²) in [6, 6.07) is 3.39. The van der Waals surface area contributed by atoms with E-state index in [1.807, 2.05) is 4.90 Å². The molecule has 0 aromatic carbocycles. The summed E-state index contributed by atoms with van der Waals surface area (Å²) < 4.78 is 21.6. The zero-order valence-electron chi connectivity index (χ0n) is 15.5. The normalized spacial score (nSPS) is 21.9. The van der Waals surface area contributed by atoms with E-state index in [-0.39, 0.29) is 12.0 Å². The van der Waals surface area contributed by atoms with Crippen LogP contribution in [-0.2, 0) is 9.47 Å². The summed E-state index contributed by atoms with van der Waals surface area (Å²) in [4.78, 5) is 21.3. The second-order valence-electron chi connectivity index (χ2n) is 6.42. The largest absolute Gasteiger partial charge is 0.481 e. The van der Waals surface area contributed by atoms with Gasteiger partial charge in [0.1, 0.15) is 5.56 Å². The number of hydrogen-bond acceptors (Lipinski definition) is 7. The Morgan fingerprint density at radius 3 is 2.81 bits per heavy atom. The van der Waals surface area contributed by atoms with E-state index < -0.39 is 0 Å². The van der Waals surface area contributed by atoms with E-state index in [9.17, 15) is 4.79 Å². The van der Waals surface area contributed by atoms with Gasteiger partial charge in [-0.15, -0.1) is 0 Å². The predicted molar refractivity (Wildman–Crippen MR) is 94.9 cm³/mol. The minimum atomic E-state index is -0.0592. The third-order valence-corrected chi connectivity index (χ3v) is 4.69. The number of pyridine rings is 1. The zero-order valence-corrected chi connectivity index (χ0v) is 15.5. The fraction of sp³-hybridized carbons (Fsp3) is 0.667. The van der Waals surface area contributed by atoms with Gasteiger partial charge in [0.25, 0.3) is 5.91 Å². The summed E-state index contributed by atoms with van der Waals surface area (Å²) in [7, 11) is 3.04. The molecule has 8 heteroatoms. The minimum Gasteiger partial charge on any atom is -0.481 e. The van der Waals surface area contributed by atoms with Crippen LogP contribution in [0.1, 0.15) is 16.8 Å². The van der Waals surface area contributed by atoms with Crippen molar-refractivity contribution in [3.63, 3.8) is 0 Å². The number of aromatic nitrogens is 1. The number of carbonyl (C=O) groups is 1. The van der Waals surface area contributed by atoms with Gasteiger partial charge < -0.3 is 23.8 Å². The number of ether oxygens (including phenoxy) is 4. The van der Waals surface area contributed by atoms with Crippen LogP contribution in [0.15, 0.2) is 12.1 Å². The maximum absolute atomic E-state index is 12.9. The molecule has 2 fully saturated rings. The van der Waals surface area contributed by atoms with Gasteiger partial charge in [-0.25, -0.2) is 0 Å². The SMILES string of the molecule is COc1ccc(C(=O)N2CCCN(CC3COCCO3)CC2)c(OC)n1. The molecule has 1 amide bonds. The summed E-state index contributed by atoms with van der Waals surface area (Å²) in [5, 5.41) is 0. The van der Waals surface area contributed by atoms with Crippen molar-refractivity contribution < 1.29 is 23.7 Å². The average Bonchev–Trinajstić information content (AvgIpc) is 2.93. The van der Waals surface area contributed by atoms with Crippen molar-refractivity contribution in [1.29, 1.82) is 0 Å². The van der Waals surface area contributed by atoms with Gasteiger partial charge in [0.15, 0.2) is 0 Å². The highest BCUT2D eigenvalue weighted by atomic mass is 16.6. The first kappa shape index (κ1) is 18.9. The third-order valence-electron chi connectivity index (χ3n) is 4.69. The molecule has 1 atom stereocenters. The molecule has 0 radical (unpaired) electrons. The topological polar surface area (TPSA) is 73.4 Å². The fourth-order valence-corrected chi connectivity index (χ4v) is 3.31. The van der Waals surface area contributed by atoms with E-state index in [4.69, 9.17) is 18.9 Å². The predicted octanol–water partition coefficient (Wildman–Crippen LogP) is 0.662. The lowest BCUT2D eigenvalue weighted by atomic mass is 10.2. The van der Waals surface area contributed by atoms with Crippen LogP contribution in [0.2, 0.25) is 0 Å². The molecular weight excluding hydrogens is 338 g/mol. The maximum atomic E-state index is 12.9. The molecular formula is C18H27N3O5. The lowest BCUT2D eigenvalue weighted by Crippen LogP contribution is -2.42. The summed E-state index contributed by atoms with van der Waals surface area (Å²) in [6.45, 7) is 5.97. The Hall–Kier alpha value is -1.90. The summed E-state index contributed by atoms with van der Waals surface area (Å²) in [5.41, 5.74) is 0.464. The quantitative estimate of drug-likeness (QED) is 0.759. The number of carbonyl (C=O) groups excluding carboxylic acids is 1. The van der Waals surface area contributed by atoms with Gasteiger partial charge in [0.2, 0.25) is 11.8 Å². The van der Waals surface area contributed by atoms with Gasteiger partial charge in [-0.2, -0.15) is 4.98 Å². The second-order valence-corrected chi connectivity index (χ2v) is 6.42. The van der Waals surface area contributed by atoms with Crippen LogP contribution in [0.4, 0.5) is 0 Å². The Morgan fingerprint density at radius 2 is 2.08 bits per heavy atom. The van der Waals surface area contributed by atoms with Gasteiger partial charge in [0.05, 0.1) is 40.1 Å². The van der Waals surface area contributed by atoms with Crippen LogP contribution < -0.4 is 9.47 Å². The number of rotatable bonds is 5. The van der Waals surface area contributed by atoms with Crippen LogP contribution in [0.3, 0.4) is 0 Å². The number of hydrogen-bond donors (Lipinski definition) is 0. The first-order valence-corrected chi connectivity index (χ1v) is 9.01. The molecule has 26 heavy (non-hydrogen) atoms. The first-order chi connectivity index (χ1) is 12.7. The van der Waals surface area contributed by atoms with Crippen LogP contribution in [0.5, 0.6) is 11.8 Å². The van der Waals surface area contributed by atoms with Gasteiger partial charge >= 0.3 is 0 Å². The molecule has 0 N–H and O–H groups in total. The minimum absolute atomic E-state index is 0.0592. The Morgan fingerprint density at radius 1 is 1.19 bits per heavy atom. The van der Waals surface area contributed by atoms with Crippen molar-refractivity contribution in [2.24, 2.45) is 0 Å². The summed E-state index contributed by atoms with van der Waals surface area (Å²) in [6.07, 6.45) is 1.04. The van der Waals surface area contributed by atoms with E-state index in [2.05, 4.69) is 9.88 Å². The Labute approximate surface area is 154 Å². The highest BCUT2D eigenvalue weighted by molar-refractivity contribution is 5.96. The highest BCUT2D eigenvalue weighted by Crippen LogP contribution is 2.22. The van der Waals surface area contributed by atoms with Crippen molar-refractivity contribution in [1.82, 2.24) is 14.8 Å². The van der Waals surface area contributed by atoms with Gasteiger partial charge in [-0.05, 0) is 19.0 Å². The van der Waals surface area contributed by atoms with Crippen molar-refractivity contribution in [3.05, 3.63) is 17.7 Å².